The fourth-order valence-electron chi connectivity index (χ4n) is 2.91. The Morgan fingerprint density at radius 2 is 1.60 bits per heavy atom. The normalized spacial score (nSPS) is 16.6. The summed E-state index contributed by atoms with van der Waals surface area (Å²) in [5, 5.41) is 0. The van der Waals surface area contributed by atoms with Crippen LogP contribution in [0.15, 0.2) is 60.7 Å². The Morgan fingerprint density at radius 3 is 2.28 bits per heavy atom. The number of carbonyl (C=O) groups excluding carboxylic acids is 3. The minimum Gasteiger partial charge on any atom is -0.446 e. The molecule has 0 saturated carbocycles. The van der Waals surface area contributed by atoms with Gasteiger partial charge in [-0.3, -0.25) is 9.59 Å². The number of rotatable bonds is 6. The van der Waals surface area contributed by atoms with Gasteiger partial charge in [0.1, 0.15) is 12.6 Å². The maximum Gasteiger partial charge on any atom is 0.417 e. The molecule has 1 aliphatic rings. The molecule has 5 heteroatoms. The third-order valence-corrected chi connectivity index (χ3v) is 4.22. The molecule has 0 radical (unpaired) electrons. The summed E-state index contributed by atoms with van der Waals surface area (Å²) in [7, 11) is 0. The van der Waals surface area contributed by atoms with Crippen LogP contribution < -0.4 is 0 Å². The highest BCUT2D eigenvalue weighted by Crippen LogP contribution is 2.28. The molecule has 25 heavy (non-hydrogen) atoms. The van der Waals surface area contributed by atoms with Gasteiger partial charge in [-0.1, -0.05) is 60.7 Å². The van der Waals surface area contributed by atoms with Crippen LogP contribution in [0, 0.1) is 0 Å². The molecule has 128 valence electrons. The Labute approximate surface area is 146 Å². The third-order valence-electron chi connectivity index (χ3n) is 4.22. The Balaban J connectivity index is 1.58. The number of cyclic esters (lactones) is 1. The fraction of sp³-hybridized carbons (Fsp3) is 0.250. The maximum atomic E-state index is 12.5. The zero-order chi connectivity index (χ0) is 17.6. The molecule has 1 heterocycles. The molecular formula is C20H19NO4. The molecule has 0 aliphatic carbocycles. The van der Waals surface area contributed by atoms with E-state index in [0.29, 0.717) is 12.0 Å². The predicted molar refractivity (Wildman–Crippen MR) is 92.0 cm³/mol. The van der Waals surface area contributed by atoms with Gasteiger partial charge < -0.3 is 4.74 Å². The summed E-state index contributed by atoms with van der Waals surface area (Å²) in [4.78, 5) is 37.7. The second-order valence-electron chi connectivity index (χ2n) is 5.91. The number of Topliss-reactive ketones (excluding diaryl/α,β-unsaturated/α-hetero) is 1. The molecule has 3 rings (SSSR count). The number of nitrogens with zero attached hydrogens (tertiary/aromatic N) is 1. The van der Waals surface area contributed by atoms with Gasteiger partial charge in [-0.05, 0) is 12.0 Å². The molecule has 2 aromatic rings. The lowest BCUT2D eigenvalue weighted by molar-refractivity contribution is -0.129. The average Bonchev–Trinajstić information content (AvgIpc) is 3.04. The smallest absolute Gasteiger partial charge is 0.417 e. The minimum atomic E-state index is -0.617. The first-order chi connectivity index (χ1) is 12.2. The quantitative estimate of drug-likeness (QED) is 0.753. The van der Waals surface area contributed by atoms with Crippen LogP contribution in [0.2, 0.25) is 0 Å². The fourth-order valence-corrected chi connectivity index (χ4v) is 2.91. The summed E-state index contributed by atoms with van der Waals surface area (Å²) in [6.45, 7) is 0.164. The average molecular weight is 337 g/mol. The number of hydrogen-bond donors (Lipinski definition) is 0. The van der Waals surface area contributed by atoms with Crippen molar-refractivity contribution in [1.29, 1.82) is 0 Å². The Kier molecular flexibility index (Phi) is 5.23. The topological polar surface area (TPSA) is 63.7 Å². The molecule has 1 aliphatic heterocycles. The lowest BCUT2D eigenvalue weighted by Gasteiger charge is -2.19. The van der Waals surface area contributed by atoms with Crippen LogP contribution in [0.3, 0.4) is 0 Å². The molecule has 1 atom stereocenters. The largest absolute Gasteiger partial charge is 0.446 e. The van der Waals surface area contributed by atoms with E-state index in [1.807, 2.05) is 48.5 Å². The van der Waals surface area contributed by atoms with Crippen LogP contribution in [-0.2, 0) is 9.53 Å². The maximum absolute atomic E-state index is 12.5. The van der Waals surface area contributed by atoms with Gasteiger partial charge in [0.25, 0.3) is 0 Å². The van der Waals surface area contributed by atoms with Crippen LogP contribution in [0.5, 0.6) is 0 Å². The standard InChI is InChI=1S/C20H19NO4/c22-18(16-10-5-2-6-11-16)12-7-13-19(23)21-17(14-25-20(21)24)15-8-3-1-4-9-15/h1-6,8-11,17H,7,12-14H2/t17-/m1/s1. The van der Waals surface area contributed by atoms with Crippen LogP contribution in [0.1, 0.15) is 41.2 Å². The van der Waals surface area contributed by atoms with Gasteiger partial charge in [0.05, 0.1) is 0 Å². The van der Waals surface area contributed by atoms with Crippen molar-refractivity contribution in [1.82, 2.24) is 4.90 Å². The number of amides is 2. The lowest BCUT2D eigenvalue weighted by atomic mass is 10.0. The Morgan fingerprint density at radius 1 is 0.960 bits per heavy atom. The van der Waals surface area contributed by atoms with Crippen molar-refractivity contribution in [2.24, 2.45) is 0 Å². The molecular weight excluding hydrogens is 318 g/mol. The summed E-state index contributed by atoms with van der Waals surface area (Å²) >= 11 is 0. The second-order valence-corrected chi connectivity index (χ2v) is 5.91. The third kappa shape index (κ3) is 3.94. The summed E-state index contributed by atoms with van der Waals surface area (Å²) in [5.74, 6) is -0.311. The first kappa shape index (κ1) is 16.9. The van der Waals surface area contributed by atoms with Gasteiger partial charge in [-0.2, -0.15) is 0 Å². The first-order valence-corrected chi connectivity index (χ1v) is 8.29. The highest BCUT2D eigenvalue weighted by atomic mass is 16.6. The van der Waals surface area contributed by atoms with Gasteiger partial charge in [-0.15, -0.1) is 0 Å². The molecule has 5 nitrogen and oxygen atoms in total. The minimum absolute atomic E-state index is 0.00277. The number of hydrogen-bond acceptors (Lipinski definition) is 4. The zero-order valence-corrected chi connectivity index (χ0v) is 13.8. The van der Waals surface area contributed by atoms with E-state index in [9.17, 15) is 14.4 Å². The van der Waals surface area contributed by atoms with Crippen molar-refractivity contribution in [2.45, 2.75) is 25.3 Å². The molecule has 2 amide bonds. The molecule has 0 spiro atoms. The van der Waals surface area contributed by atoms with Crippen molar-refractivity contribution in [3.05, 3.63) is 71.8 Å². The van der Waals surface area contributed by atoms with E-state index >= 15 is 0 Å². The Hall–Kier alpha value is -2.95. The van der Waals surface area contributed by atoms with E-state index < -0.39 is 12.1 Å². The predicted octanol–water partition coefficient (Wildman–Crippen LogP) is 3.76. The van der Waals surface area contributed by atoms with Crippen LogP contribution in [0.4, 0.5) is 4.79 Å². The molecule has 0 aromatic heterocycles. The second kappa shape index (κ2) is 7.75. The lowest BCUT2D eigenvalue weighted by Crippen LogP contribution is -2.34. The molecule has 0 bridgehead atoms. The van der Waals surface area contributed by atoms with Crippen LogP contribution in [-0.4, -0.2) is 29.3 Å². The summed E-state index contributed by atoms with van der Waals surface area (Å²) in [6.07, 6.45) is 0.192. The van der Waals surface area contributed by atoms with Crippen molar-refractivity contribution in [3.63, 3.8) is 0 Å². The summed E-state index contributed by atoms with van der Waals surface area (Å²) in [6, 6.07) is 17.9. The van der Waals surface area contributed by atoms with Crippen LogP contribution in [0.25, 0.3) is 0 Å². The molecule has 0 unspecified atom stereocenters. The first-order valence-electron chi connectivity index (χ1n) is 8.29. The molecule has 0 N–H and O–H groups in total. The zero-order valence-electron chi connectivity index (χ0n) is 13.8. The SMILES string of the molecule is O=C(CCCC(=O)N1C(=O)OC[C@@H]1c1ccccc1)c1ccccc1. The van der Waals surface area contributed by atoms with Gasteiger partial charge in [-0.25, -0.2) is 9.69 Å². The van der Waals surface area contributed by atoms with Crippen molar-refractivity contribution in [2.75, 3.05) is 6.61 Å². The van der Waals surface area contributed by atoms with E-state index in [1.54, 1.807) is 12.1 Å². The summed E-state index contributed by atoms with van der Waals surface area (Å²) in [5.41, 5.74) is 1.50. The van der Waals surface area contributed by atoms with E-state index in [4.69, 9.17) is 4.74 Å². The van der Waals surface area contributed by atoms with E-state index in [-0.39, 0.29) is 31.1 Å². The van der Waals surface area contributed by atoms with Gasteiger partial charge in [0.15, 0.2) is 5.78 Å². The number of ether oxygens (including phenoxy) is 1. The number of benzene rings is 2. The molecule has 1 fully saturated rings. The highest BCUT2D eigenvalue weighted by Gasteiger charge is 2.38. The molecule has 1 saturated heterocycles. The number of ketones is 1. The number of imide groups is 1. The monoisotopic (exact) mass is 337 g/mol. The van der Waals surface area contributed by atoms with Crippen molar-refractivity contribution >= 4 is 17.8 Å². The number of carbonyl (C=O) groups is 3. The van der Waals surface area contributed by atoms with Gasteiger partial charge in [0.2, 0.25) is 5.91 Å². The van der Waals surface area contributed by atoms with Gasteiger partial charge >= 0.3 is 6.09 Å². The summed E-state index contributed by atoms with van der Waals surface area (Å²) < 4.78 is 5.05. The van der Waals surface area contributed by atoms with E-state index in [0.717, 1.165) is 5.56 Å². The van der Waals surface area contributed by atoms with E-state index in [2.05, 4.69) is 0 Å². The highest BCUT2D eigenvalue weighted by molar-refractivity contribution is 5.97. The van der Waals surface area contributed by atoms with Crippen molar-refractivity contribution in [3.8, 4) is 0 Å². The van der Waals surface area contributed by atoms with Crippen LogP contribution >= 0.6 is 0 Å². The molecule has 2 aromatic carbocycles. The van der Waals surface area contributed by atoms with Crippen molar-refractivity contribution < 1.29 is 19.1 Å². The van der Waals surface area contributed by atoms with Gasteiger partial charge in [0, 0.05) is 18.4 Å². The Bertz CT molecular complexity index is 758. The van der Waals surface area contributed by atoms with E-state index in [1.165, 1.54) is 4.90 Å².